The predicted octanol–water partition coefficient (Wildman–Crippen LogP) is 4.01. The van der Waals surface area contributed by atoms with Gasteiger partial charge in [-0.15, -0.1) is 0 Å². The highest BCUT2D eigenvalue weighted by atomic mass is 35.5. The van der Waals surface area contributed by atoms with Crippen LogP contribution in [0.4, 0.5) is 5.69 Å². The van der Waals surface area contributed by atoms with Gasteiger partial charge in [0.2, 0.25) is 10.0 Å². The van der Waals surface area contributed by atoms with Gasteiger partial charge < -0.3 is 5.32 Å². The summed E-state index contributed by atoms with van der Waals surface area (Å²) in [5.41, 5.74) is 2.03. The normalized spacial score (nSPS) is 15.1. The van der Waals surface area contributed by atoms with E-state index in [1.54, 1.807) is 29.9 Å². The molecule has 1 amide bonds. The van der Waals surface area contributed by atoms with Crippen LogP contribution < -0.4 is 5.32 Å². The van der Waals surface area contributed by atoms with Gasteiger partial charge in [0, 0.05) is 30.2 Å². The topological polar surface area (TPSA) is 97.2 Å². The maximum absolute atomic E-state index is 13.0. The summed E-state index contributed by atoms with van der Waals surface area (Å²) in [6.07, 6.45) is 3.34. The van der Waals surface area contributed by atoms with E-state index in [4.69, 9.17) is 11.6 Å². The Morgan fingerprint density at radius 1 is 1.19 bits per heavy atom. The summed E-state index contributed by atoms with van der Waals surface area (Å²) in [7, 11) is -3.71. The van der Waals surface area contributed by atoms with E-state index < -0.39 is 10.0 Å². The van der Waals surface area contributed by atoms with Crippen LogP contribution in [0.25, 0.3) is 11.0 Å². The molecule has 8 nitrogen and oxygen atoms in total. The maximum atomic E-state index is 13.0. The molecule has 1 aliphatic rings. The van der Waals surface area contributed by atoms with Crippen molar-refractivity contribution in [2.75, 3.05) is 18.4 Å². The number of hydrogen-bond donors (Lipinski definition) is 1. The lowest BCUT2D eigenvalue weighted by Crippen LogP contribution is -2.28. The number of carbonyl (C=O) groups excluding carboxylic acids is 1. The molecule has 0 saturated carbocycles. The van der Waals surface area contributed by atoms with E-state index in [0.29, 0.717) is 30.0 Å². The summed E-state index contributed by atoms with van der Waals surface area (Å²) in [6, 6.07) is 6.37. The van der Waals surface area contributed by atoms with Crippen LogP contribution in [0.3, 0.4) is 0 Å². The molecule has 0 radical (unpaired) electrons. The largest absolute Gasteiger partial charge is 0.322 e. The molecule has 1 aliphatic heterocycles. The second kappa shape index (κ2) is 8.22. The Balaban J connectivity index is 1.64. The van der Waals surface area contributed by atoms with Crippen LogP contribution in [0.15, 0.2) is 35.4 Å². The molecular weight excluding hydrogens is 438 g/mol. The summed E-state index contributed by atoms with van der Waals surface area (Å²) in [5, 5.41) is 8.01. The zero-order valence-electron chi connectivity index (χ0n) is 17.6. The predicted molar refractivity (Wildman–Crippen MR) is 120 cm³/mol. The Bertz CT molecular complexity index is 1260. The minimum Gasteiger partial charge on any atom is -0.322 e. The van der Waals surface area contributed by atoms with Gasteiger partial charge in [0.25, 0.3) is 5.91 Å². The smallest absolute Gasteiger partial charge is 0.257 e. The lowest BCUT2D eigenvalue weighted by molar-refractivity contribution is 0.102. The van der Waals surface area contributed by atoms with Crippen molar-refractivity contribution in [3.8, 4) is 0 Å². The van der Waals surface area contributed by atoms with Crippen LogP contribution >= 0.6 is 11.6 Å². The van der Waals surface area contributed by atoms with E-state index in [1.807, 2.05) is 13.8 Å². The number of benzene rings is 1. The highest BCUT2D eigenvalue weighted by Gasteiger charge is 2.29. The van der Waals surface area contributed by atoms with Crippen LogP contribution in [-0.2, 0) is 10.0 Å². The first-order valence-corrected chi connectivity index (χ1v) is 12.0. The zero-order chi connectivity index (χ0) is 22.3. The van der Waals surface area contributed by atoms with E-state index >= 15 is 0 Å². The Labute approximate surface area is 186 Å². The second-order valence-electron chi connectivity index (χ2n) is 7.93. The number of aryl methyl sites for hydroxylation is 1. The zero-order valence-corrected chi connectivity index (χ0v) is 19.2. The minimum absolute atomic E-state index is 0.00243. The van der Waals surface area contributed by atoms with Gasteiger partial charge in [0.15, 0.2) is 5.65 Å². The molecule has 164 valence electrons. The molecule has 1 saturated heterocycles. The van der Waals surface area contributed by atoms with E-state index in [1.165, 1.54) is 16.4 Å². The van der Waals surface area contributed by atoms with Crippen LogP contribution in [0.2, 0.25) is 5.02 Å². The first-order chi connectivity index (χ1) is 14.7. The van der Waals surface area contributed by atoms with E-state index in [0.717, 1.165) is 23.9 Å². The molecule has 0 atom stereocenters. The lowest BCUT2D eigenvalue weighted by atomic mass is 10.1. The highest BCUT2D eigenvalue weighted by Crippen LogP contribution is 2.30. The van der Waals surface area contributed by atoms with Crippen molar-refractivity contribution in [1.82, 2.24) is 19.1 Å². The van der Waals surface area contributed by atoms with Crippen molar-refractivity contribution < 1.29 is 13.2 Å². The standard InChI is InChI=1S/C21H24ClN5O3S/c1-13(2)27-20-15(12-23-27)10-17(14(3)24-20)21(28)25-16-6-7-18(22)19(11-16)31(29,30)26-8-4-5-9-26/h6-7,10-13H,4-5,8-9H2,1-3H3,(H,25,28). The number of aromatic nitrogens is 3. The average Bonchev–Trinajstić information content (AvgIpc) is 3.38. The number of fused-ring (bicyclic) bond motifs is 1. The van der Waals surface area contributed by atoms with E-state index in [-0.39, 0.29) is 21.9 Å². The van der Waals surface area contributed by atoms with Gasteiger partial charge >= 0.3 is 0 Å². The average molecular weight is 462 g/mol. The molecule has 2 aromatic heterocycles. The molecule has 3 aromatic rings. The third-order valence-corrected chi connectivity index (χ3v) is 7.75. The number of pyridine rings is 1. The van der Waals surface area contributed by atoms with Crippen molar-refractivity contribution in [2.24, 2.45) is 0 Å². The molecule has 0 aliphatic carbocycles. The number of anilines is 1. The van der Waals surface area contributed by atoms with E-state index in [9.17, 15) is 13.2 Å². The summed E-state index contributed by atoms with van der Waals surface area (Å²) in [4.78, 5) is 17.5. The summed E-state index contributed by atoms with van der Waals surface area (Å²) >= 11 is 6.19. The first kappa shape index (κ1) is 21.7. The molecule has 0 spiro atoms. The SMILES string of the molecule is Cc1nc2c(cnn2C(C)C)cc1C(=O)Nc1ccc(Cl)c(S(=O)(=O)N2CCCC2)c1. The number of carbonyl (C=O) groups is 1. The molecular formula is C21H24ClN5O3S. The van der Waals surface area contributed by atoms with Crippen molar-refractivity contribution >= 4 is 44.3 Å². The van der Waals surface area contributed by atoms with Crippen molar-refractivity contribution in [3.05, 3.63) is 46.7 Å². The Morgan fingerprint density at radius 2 is 1.90 bits per heavy atom. The molecule has 1 fully saturated rings. The van der Waals surface area contributed by atoms with E-state index in [2.05, 4.69) is 15.4 Å². The molecule has 0 unspecified atom stereocenters. The van der Waals surface area contributed by atoms with Crippen molar-refractivity contribution in [1.29, 1.82) is 0 Å². The molecule has 31 heavy (non-hydrogen) atoms. The molecule has 1 aromatic carbocycles. The Morgan fingerprint density at radius 3 is 2.58 bits per heavy atom. The molecule has 0 bridgehead atoms. The Kier molecular flexibility index (Phi) is 5.76. The van der Waals surface area contributed by atoms with Gasteiger partial charge in [-0.3, -0.25) is 4.79 Å². The fraction of sp³-hybridized carbons (Fsp3) is 0.381. The van der Waals surface area contributed by atoms with Gasteiger partial charge in [-0.25, -0.2) is 18.1 Å². The number of sulfonamides is 1. The van der Waals surface area contributed by atoms with Crippen molar-refractivity contribution in [3.63, 3.8) is 0 Å². The van der Waals surface area contributed by atoms with Gasteiger partial charge in [0.05, 0.1) is 22.5 Å². The highest BCUT2D eigenvalue weighted by molar-refractivity contribution is 7.89. The number of rotatable bonds is 5. The molecule has 10 heteroatoms. The maximum Gasteiger partial charge on any atom is 0.257 e. The third-order valence-electron chi connectivity index (χ3n) is 5.37. The number of hydrogen-bond acceptors (Lipinski definition) is 5. The third kappa shape index (κ3) is 4.05. The van der Waals surface area contributed by atoms with Crippen LogP contribution in [0.5, 0.6) is 0 Å². The fourth-order valence-corrected chi connectivity index (χ4v) is 5.74. The quantitative estimate of drug-likeness (QED) is 0.619. The van der Waals surface area contributed by atoms with Crippen LogP contribution in [0, 0.1) is 6.92 Å². The number of halogens is 1. The van der Waals surface area contributed by atoms with Crippen LogP contribution in [-0.4, -0.2) is 46.5 Å². The summed E-state index contributed by atoms with van der Waals surface area (Å²) < 4.78 is 29.1. The lowest BCUT2D eigenvalue weighted by Gasteiger charge is -2.17. The Hall–Kier alpha value is -2.49. The summed E-state index contributed by atoms with van der Waals surface area (Å²) in [5.74, 6) is -0.379. The molecule has 4 rings (SSSR count). The van der Waals surface area contributed by atoms with Gasteiger partial charge in [-0.1, -0.05) is 11.6 Å². The minimum atomic E-state index is -3.71. The molecule has 1 N–H and O–H groups in total. The molecule has 3 heterocycles. The summed E-state index contributed by atoms with van der Waals surface area (Å²) in [6.45, 7) is 6.74. The van der Waals surface area contributed by atoms with Crippen molar-refractivity contribution in [2.45, 2.75) is 44.6 Å². The monoisotopic (exact) mass is 461 g/mol. The number of amides is 1. The fourth-order valence-electron chi connectivity index (χ4n) is 3.72. The van der Waals surface area contributed by atoms with Gasteiger partial charge in [-0.05, 0) is 57.9 Å². The van der Waals surface area contributed by atoms with Gasteiger partial charge in [0.1, 0.15) is 4.90 Å². The van der Waals surface area contributed by atoms with Gasteiger partial charge in [-0.2, -0.15) is 9.40 Å². The van der Waals surface area contributed by atoms with Crippen LogP contribution in [0.1, 0.15) is 48.8 Å². The first-order valence-electron chi connectivity index (χ1n) is 10.1. The second-order valence-corrected chi connectivity index (χ2v) is 10.2. The number of nitrogens with one attached hydrogen (secondary N) is 1. The number of nitrogens with zero attached hydrogens (tertiary/aromatic N) is 4.